The molecule has 5 nitrogen and oxygen atoms in total. The number of rotatable bonds is 6. The predicted octanol–water partition coefficient (Wildman–Crippen LogP) is 5.38. The summed E-state index contributed by atoms with van der Waals surface area (Å²) in [6.07, 6.45) is 0.337. The zero-order chi connectivity index (χ0) is 20.8. The van der Waals surface area contributed by atoms with Gasteiger partial charge in [0.1, 0.15) is 11.6 Å². The summed E-state index contributed by atoms with van der Waals surface area (Å²) in [6, 6.07) is 29.2. The molecular weight excluding hydrogens is 372 g/mol. The van der Waals surface area contributed by atoms with Crippen LogP contribution in [0.4, 0.5) is 17.2 Å². The van der Waals surface area contributed by atoms with Crippen molar-refractivity contribution >= 4 is 23.1 Å². The Morgan fingerprint density at radius 1 is 0.800 bits per heavy atom. The number of nitrogens with one attached hydrogen (secondary N) is 2. The highest BCUT2D eigenvalue weighted by atomic mass is 16.1. The largest absolute Gasteiger partial charge is 0.340 e. The summed E-state index contributed by atoms with van der Waals surface area (Å²) in [5.41, 5.74) is 4.44. The molecule has 30 heavy (non-hydrogen) atoms. The highest BCUT2D eigenvalue weighted by Crippen LogP contribution is 2.23. The average Bonchev–Trinajstić information content (AvgIpc) is 2.75. The van der Waals surface area contributed by atoms with Crippen molar-refractivity contribution in [3.8, 4) is 11.3 Å². The molecule has 0 unspecified atom stereocenters. The van der Waals surface area contributed by atoms with Gasteiger partial charge < -0.3 is 10.6 Å². The van der Waals surface area contributed by atoms with Crippen molar-refractivity contribution in [3.05, 3.63) is 102 Å². The van der Waals surface area contributed by atoms with E-state index in [1.165, 1.54) is 0 Å². The molecule has 0 saturated carbocycles. The van der Waals surface area contributed by atoms with E-state index >= 15 is 0 Å². The number of carbonyl (C=O) groups excluding carboxylic acids is 1. The Kier molecular flexibility index (Phi) is 5.80. The van der Waals surface area contributed by atoms with Gasteiger partial charge in [-0.1, -0.05) is 66.7 Å². The van der Waals surface area contributed by atoms with Crippen molar-refractivity contribution in [1.29, 1.82) is 0 Å². The molecule has 0 aliphatic rings. The molecule has 5 heteroatoms. The monoisotopic (exact) mass is 394 g/mol. The van der Waals surface area contributed by atoms with Gasteiger partial charge in [-0.3, -0.25) is 4.79 Å². The molecule has 0 atom stereocenters. The Balaban J connectivity index is 1.48. The number of amides is 1. The number of nitrogens with zero attached hydrogens (tertiary/aromatic N) is 2. The van der Waals surface area contributed by atoms with Crippen LogP contribution >= 0.6 is 0 Å². The third kappa shape index (κ3) is 5.08. The molecule has 148 valence electrons. The quantitative estimate of drug-likeness (QED) is 0.461. The molecule has 0 radical (unpaired) electrons. The van der Waals surface area contributed by atoms with Gasteiger partial charge in [-0.05, 0) is 30.7 Å². The van der Waals surface area contributed by atoms with Gasteiger partial charge in [0.15, 0.2) is 0 Å². The van der Waals surface area contributed by atoms with Crippen LogP contribution in [0.25, 0.3) is 11.3 Å². The van der Waals surface area contributed by atoms with Gasteiger partial charge in [-0.15, -0.1) is 0 Å². The zero-order valence-electron chi connectivity index (χ0n) is 16.7. The number of carbonyl (C=O) groups is 1. The molecule has 0 aliphatic carbocycles. The second-order valence-electron chi connectivity index (χ2n) is 6.97. The minimum atomic E-state index is -0.0532. The van der Waals surface area contributed by atoms with Gasteiger partial charge in [0.05, 0.1) is 12.1 Å². The number of aryl methyl sites for hydroxylation is 1. The predicted molar refractivity (Wildman–Crippen MR) is 121 cm³/mol. The van der Waals surface area contributed by atoms with Crippen molar-refractivity contribution in [2.45, 2.75) is 13.3 Å². The molecular formula is C25H22N4O. The third-order valence-corrected chi connectivity index (χ3v) is 4.53. The summed E-state index contributed by atoms with van der Waals surface area (Å²) in [4.78, 5) is 21.4. The Morgan fingerprint density at radius 2 is 1.50 bits per heavy atom. The minimum absolute atomic E-state index is 0.0532. The first-order valence-corrected chi connectivity index (χ1v) is 9.78. The van der Waals surface area contributed by atoms with Crippen LogP contribution in [0, 0.1) is 6.92 Å². The van der Waals surface area contributed by atoms with Crippen molar-refractivity contribution in [2.24, 2.45) is 0 Å². The summed E-state index contributed by atoms with van der Waals surface area (Å²) >= 11 is 0. The van der Waals surface area contributed by atoms with Crippen molar-refractivity contribution in [3.63, 3.8) is 0 Å². The first kappa shape index (κ1) is 19.3. The highest BCUT2D eigenvalue weighted by molar-refractivity contribution is 5.92. The molecule has 0 spiro atoms. The second-order valence-corrected chi connectivity index (χ2v) is 6.97. The molecule has 3 aromatic carbocycles. The van der Waals surface area contributed by atoms with Gasteiger partial charge >= 0.3 is 0 Å². The Bertz CT molecular complexity index is 1140. The molecule has 2 N–H and O–H groups in total. The van der Waals surface area contributed by atoms with Crippen LogP contribution in [0.2, 0.25) is 0 Å². The fraction of sp³-hybridized carbons (Fsp3) is 0.0800. The Morgan fingerprint density at radius 3 is 2.27 bits per heavy atom. The SMILES string of the molecule is Cc1nc(Nc2cccc(NC(=O)Cc3ccccc3)c2)cc(-c2ccccc2)n1. The summed E-state index contributed by atoms with van der Waals surface area (Å²) in [5.74, 6) is 1.34. The topological polar surface area (TPSA) is 66.9 Å². The Hall–Kier alpha value is -3.99. The lowest BCUT2D eigenvalue weighted by Gasteiger charge is -2.11. The van der Waals surface area contributed by atoms with Gasteiger partial charge in [0.25, 0.3) is 0 Å². The van der Waals surface area contributed by atoms with E-state index in [1.54, 1.807) is 0 Å². The maximum atomic E-state index is 12.3. The molecule has 0 fully saturated rings. The van der Waals surface area contributed by atoms with E-state index in [4.69, 9.17) is 0 Å². The molecule has 0 aliphatic heterocycles. The second kappa shape index (κ2) is 9.01. The van der Waals surface area contributed by atoms with Gasteiger partial charge in [0.2, 0.25) is 5.91 Å². The van der Waals surface area contributed by atoms with Crippen molar-refractivity contribution in [1.82, 2.24) is 9.97 Å². The first-order valence-electron chi connectivity index (χ1n) is 9.78. The molecule has 4 aromatic rings. The molecule has 1 aromatic heterocycles. The van der Waals surface area contributed by atoms with E-state index in [1.807, 2.05) is 97.9 Å². The van der Waals surface area contributed by atoms with Crippen LogP contribution in [0.3, 0.4) is 0 Å². The number of anilines is 3. The van der Waals surface area contributed by atoms with Crippen LogP contribution < -0.4 is 10.6 Å². The lowest BCUT2D eigenvalue weighted by atomic mass is 10.1. The fourth-order valence-corrected chi connectivity index (χ4v) is 3.20. The smallest absolute Gasteiger partial charge is 0.228 e. The standard InChI is InChI=1S/C25H22N4O/c1-18-26-23(20-11-6-3-7-12-20)17-24(27-18)28-21-13-8-14-22(16-21)29-25(30)15-19-9-4-2-5-10-19/h2-14,16-17H,15H2,1H3,(H,29,30)(H,26,27,28). The van der Waals surface area contributed by atoms with E-state index in [2.05, 4.69) is 20.6 Å². The number of hydrogen-bond donors (Lipinski definition) is 2. The van der Waals surface area contributed by atoms with Crippen molar-refractivity contribution in [2.75, 3.05) is 10.6 Å². The lowest BCUT2D eigenvalue weighted by Crippen LogP contribution is -2.14. The summed E-state index contributed by atoms with van der Waals surface area (Å²) in [7, 11) is 0. The maximum absolute atomic E-state index is 12.3. The fourth-order valence-electron chi connectivity index (χ4n) is 3.20. The van der Waals surface area contributed by atoms with E-state index in [9.17, 15) is 4.79 Å². The third-order valence-electron chi connectivity index (χ3n) is 4.53. The normalized spacial score (nSPS) is 10.4. The van der Waals surface area contributed by atoms with E-state index in [-0.39, 0.29) is 5.91 Å². The number of hydrogen-bond acceptors (Lipinski definition) is 4. The maximum Gasteiger partial charge on any atom is 0.228 e. The minimum Gasteiger partial charge on any atom is -0.340 e. The number of aromatic nitrogens is 2. The van der Waals surface area contributed by atoms with Gasteiger partial charge in [-0.2, -0.15) is 0 Å². The average molecular weight is 394 g/mol. The van der Waals surface area contributed by atoms with Gasteiger partial charge in [0, 0.05) is 23.0 Å². The van der Waals surface area contributed by atoms with Gasteiger partial charge in [-0.25, -0.2) is 9.97 Å². The molecule has 1 amide bonds. The van der Waals surface area contributed by atoms with Crippen molar-refractivity contribution < 1.29 is 4.79 Å². The number of benzene rings is 3. The molecule has 1 heterocycles. The molecule has 0 bridgehead atoms. The first-order chi connectivity index (χ1) is 14.7. The van der Waals surface area contributed by atoms with E-state index in [0.717, 1.165) is 28.2 Å². The summed E-state index contributed by atoms with van der Waals surface area (Å²) in [5, 5.41) is 6.27. The lowest BCUT2D eigenvalue weighted by molar-refractivity contribution is -0.115. The summed E-state index contributed by atoms with van der Waals surface area (Å²) in [6.45, 7) is 1.87. The molecule has 0 saturated heterocycles. The van der Waals surface area contributed by atoms with Crippen LogP contribution in [0.15, 0.2) is 91.0 Å². The van der Waals surface area contributed by atoms with Crippen LogP contribution in [0.1, 0.15) is 11.4 Å². The summed E-state index contributed by atoms with van der Waals surface area (Å²) < 4.78 is 0. The van der Waals surface area contributed by atoms with E-state index in [0.29, 0.717) is 18.1 Å². The zero-order valence-corrected chi connectivity index (χ0v) is 16.7. The van der Waals surface area contributed by atoms with Crippen LogP contribution in [0.5, 0.6) is 0 Å². The van der Waals surface area contributed by atoms with E-state index < -0.39 is 0 Å². The molecule has 4 rings (SSSR count). The van der Waals surface area contributed by atoms with Crippen LogP contribution in [-0.4, -0.2) is 15.9 Å². The highest BCUT2D eigenvalue weighted by Gasteiger charge is 2.07. The van der Waals surface area contributed by atoms with Crippen LogP contribution in [-0.2, 0) is 11.2 Å². The Labute approximate surface area is 175 Å².